The van der Waals surface area contributed by atoms with Gasteiger partial charge in [0, 0.05) is 24.7 Å². The van der Waals surface area contributed by atoms with E-state index in [-0.39, 0.29) is 0 Å². The van der Waals surface area contributed by atoms with Gasteiger partial charge in [0.1, 0.15) is 0 Å². The second kappa shape index (κ2) is 3.35. The number of hydrogen-bond acceptors (Lipinski definition) is 2. The van der Waals surface area contributed by atoms with Crippen molar-refractivity contribution in [2.45, 2.75) is 46.2 Å². The molecule has 0 N–H and O–H groups in total. The first-order valence-corrected chi connectivity index (χ1v) is 4.90. The predicted molar refractivity (Wildman–Crippen MR) is 53.2 cm³/mol. The summed E-state index contributed by atoms with van der Waals surface area (Å²) in [7, 11) is 0. The van der Waals surface area contributed by atoms with Crippen LogP contribution >= 0.6 is 0 Å². The molecule has 0 unspecified atom stereocenters. The van der Waals surface area contributed by atoms with Gasteiger partial charge in [-0.15, -0.1) is 0 Å². The average Bonchev–Trinajstić information content (AvgIpc) is 2.30. The Balaban J connectivity index is 2.46. The number of hydrogen-bond donors (Lipinski definition) is 0. The van der Waals surface area contributed by atoms with Crippen LogP contribution in [-0.2, 0) is 0 Å². The van der Waals surface area contributed by atoms with E-state index in [0.717, 1.165) is 6.67 Å². The maximum atomic E-state index is 2.53. The van der Waals surface area contributed by atoms with Crippen LogP contribution in [-0.4, -0.2) is 41.1 Å². The highest BCUT2D eigenvalue weighted by atomic mass is 15.4. The maximum absolute atomic E-state index is 2.53. The summed E-state index contributed by atoms with van der Waals surface area (Å²) >= 11 is 0. The molecule has 0 aliphatic carbocycles. The second-order valence-corrected chi connectivity index (χ2v) is 4.98. The molecular formula is C10H22N2. The van der Waals surface area contributed by atoms with Crippen LogP contribution in [0.3, 0.4) is 0 Å². The first-order valence-electron chi connectivity index (χ1n) is 4.90. The molecule has 0 radical (unpaired) electrons. The monoisotopic (exact) mass is 170 g/mol. The molecule has 72 valence electrons. The Morgan fingerprint density at radius 1 is 1.08 bits per heavy atom. The Morgan fingerprint density at radius 2 is 1.67 bits per heavy atom. The number of rotatable bonds is 1. The molecule has 0 aromatic heterocycles. The van der Waals surface area contributed by atoms with Gasteiger partial charge in [-0.2, -0.15) is 0 Å². The van der Waals surface area contributed by atoms with Crippen molar-refractivity contribution in [3.8, 4) is 0 Å². The van der Waals surface area contributed by atoms with Gasteiger partial charge in [-0.3, -0.25) is 9.80 Å². The zero-order valence-corrected chi connectivity index (χ0v) is 9.09. The van der Waals surface area contributed by atoms with Crippen molar-refractivity contribution < 1.29 is 0 Å². The van der Waals surface area contributed by atoms with Crippen LogP contribution in [0.2, 0.25) is 0 Å². The molecule has 0 aromatic rings. The van der Waals surface area contributed by atoms with Crippen molar-refractivity contribution in [3.05, 3.63) is 0 Å². The molecule has 0 amide bonds. The van der Waals surface area contributed by atoms with E-state index in [9.17, 15) is 0 Å². The first kappa shape index (κ1) is 10.0. The van der Waals surface area contributed by atoms with Crippen molar-refractivity contribution in [3.63, 3.8) is 0 Å². The van der Waals surface area contributed by atoms with E-state index in [2.05, 4.69) is 44.4 Å². The molecule has 0 atom stereocenters. The highest BCUT2D eigenvalue weighted by molar-refractivity contribution is 4.83. The Bertz CT molecular complexity index is 146. The molecule has 1 rings (SSSR count). The fourth-order valence-electron chi connectivity index (χ4n) is 1.58. The molecule has 1 saturated heterocycles. The molecule has 1 fully saturated rings. The van der Waals surface area contributed by atoms with Crippen molar-refractivity contribution in [2.24, 2.45) is 0 Å². The summed E-state index contributed by atoms with van der Waals surface area (Å²) in [5.74, 6) is 0. The fraction of sp³-hybridized carbons (Fsp3) is 1.00. The topological polar surface area (TPSA) is 6.48 Å². The smallest absolute Gasteiger partial charge is 0.0514 e. The number of nitrogens with zero attached hydrogens (tertiary/aromatic N) is 2. The van der Waals surface area contributed by atoms with Crippen LogP contribution in [0, 0.1) is 0 Å². The minimum Gasteiger partial charge on any atom is -0.287 e. The molecule has 0 spiro atoms. The lowest BCUT2D eigenvalue weighted by atomic mass is 10.1. The minimum absolute atomic E-state index is 0.337. The molecule has 0 saturated carbocycles. The summed E-state index contributed by atoms with van der Waals surface area (Å²) in [5.41, 5.74) is 0.337. The Labute approximate surface area is 76.5 Å². The lowest BCUT2D eigenvalue weighted by molar-refractivity contribution is 0.128. The Hall–Kier alpha value is -0.0800. The molecule has 1 heterocycles. The third kappa shape index (κ3) is 2.20. The van der Waals surface area contributed by atoms with Gasteiger partial charge < -0.3 is 0 Å². The quantitative estimate of drug-likeness (QED) is 0.592. The van der Waals surface area contributed by atoms with Crippen LogP contribution in [0.1, 0.15) is 34.6 Å². The molecule has 1 aliphatic heterocycles. The van der Waals surface area contributed by atoms with Crippen molar-refractivity contribution in [1.29, 1.82) is 0 Å². The molecule has 0 aromatic carbocycles. The first-order chi connectivity index (χ1) is 5.41. The van der Waals surface area contributed by atoms with Gasteiger partial charge in [0.25, 0.3) is 0 Å². The predicted octanol–water partition coefficient (Wildman–Crippen LogP) is 1.77. The van der Waals surface area contributed by atoms with Crippen molar-refractivity contribution >= 4 is 0 Å². The Kier molecular flexibility index (Phi) is 2.79. The van der Waals surface area contributed by atoms with E-state index in [4.69, 9.17) is 0 Å². The van der Waals surface area contributed by atoms with Gasteiger partial charge in [-0.05, 0) is 34.6 Å². The lowest BCUT2D eigenvalue weighted by Gasteiger charge is -2.32. The van der Waals surface area contributed by atoms with Crippen LogP contribution in [0.5, 0.6) is 0 Å². The largest absolute Gasteiger partial charge is 0.287 e. The molecule has 2 nitrogen and oxygen atoms in total. The zero-order chi connectivity index (χ0) is 9.35. The zero-order valence-electron chi connectivity index (χ0n) is 9.09. The third-order valence-corrected chi connectivity index (χ3v) is 2.69. The van der Waals surface area contributed by atoms with Gasteiger partial charge in [0.2, 0.25) is 0 Å². The normalized spacial score (nSPS) is 22.5. The molecule has 0 bridgehead atoms. The van der Waals surface area contributed by atoms with Crippen LogP contribution in [0.4, 0.5) is 0 Å². The highest BCUT2D eigenvalue weighted by Gasteiger charge is 2.29. The van der Waals surface area contributed by atoms with Gasteiger partial charge in [-0.25, -0.2) is 0 Å². The van der Waals surface area contributed by atoms with Gasteiger partial charge in [-0.1, -0.05) is 0 Å². The lowest BCUT2D eigenvalue weighted by Crippen LogP contribution is -2.41. The van der Waals surface area contributed by atoms with E-state index in [1.54, 1.807) is 0 Å². The average molecular weight is 170 g/mol. The molecule has 1 aliphatic rings. The van der Waals surface area contributed by atoms with Crippen molar-refractivity contribution in [2.75, 3.05) is 19.8 Å². The summed E-state index contributed by atoms with van der Waals surface area (Å²) in [6.45, 7) is 15.0. The highest BCUT2D eigenvalue weighted by Crippen LogP contribution is 2.19. The van der Waals surface area contributed by atoms with Crippen LogP contribution < -0.4 is 0 Å². The standard InChI is InChI=1S/C10H22N2/c1-9(2)11-6-7-12(8-11)10(3,4)5/h9H,6-8H2,1-5H3. The summed E-state index contributed by atoms with van der Waals surface area (Å²) < 4.78 is 0. The Morgan fingerprint density at radius 3 is 1.92 bits per heavy atom. The van der Waals surface area contributed by atoms with Crippen LogP contribution in [0.25, 0.3) is 0 Å². The van der Waals surface area contributed by atoms with E-state index in [1.807, 2.05) is 0 Å². The molecule has 2 heteroatoms. The van der Waals surface area contributed by atoms with Crippen LogP contribution in [0.15, 0.2) is 0 Å². The molecule has 12 heavy (non-hydrogen) atoms. The van der Waals surface area contributed by atoms with E-state index in [1.165, 1.54) is 13.1 Å². The summed E-state index contributed by atoms with van der Waals surface area (Å²) in [4.78, 5) is 5.05. The van der Waals surface area contributed by atoms with E-state index in [0.29, 0.717) is 11.6 Å². The van der Waals surface area contributed by atoms with E-state index < -0.39 is 0 Å². The molecular weight excluding hydrogens is 148 g/mol. The summed E-state index contributed by atoms with van der Waals surface area (Å²) in [5, 5.41) is 0. The second-order valence-electron chi connectivity index (χ2n) is 4.98. The van der Waals surface area contributed by atoms with E-state index >= 15 is 0 Å². The fourth-order valence-corrected chi connectivity index (χ4v) is 1.58. The summed E-state index contributed by atoms with van der Waals surface area (Å²) in [6.07, 6.45) is 0. The van der Waals surface area contributed by atoms with Gasteiger partial charge in [0.15, 0.2) is 0 Å². The summed E-state index contributed by atoms with van der Waals surface area (Å²) in [6, 6.07) is 0.692. The van der Waals surface area contributed by atoms with Gasteiger partial charge >= 0.3 is 0 Å². The minimum atomic E-state index is 0.337. The van der Waals surface area contributed by atoms with Crippen molar-refractivity contribution in [1.82, 2.24) is 9.80 Å². The van der Waals surface area contributed by atoms with Gasteiger partial charge in [0.05, 0.1) is 6.67 Å². The maximum Gasteiger partial charge on any atom is 0.0514 e. The third-order valence-electron chi connectivity index (χ3n) is 2.69. The SMILES string of the molecule is CC(C)N1CCN(C(C)(C)C)C1.